The second-order valence-electron chi connectivity index (χ2n) is 6.67. The second-order valence-corrected chi connectivity index (χ2v) is 7.71. The van der Waals surface area contributed by atoms with Crippen molar-refractivity contribution in [3.05, 3.63) is 77.1 Å². The number of aliphatic imine (C=N–C) groups is 1. The van der Waals surface area contributed by atoms with Crippen LogP contribution in [-0.4, -0.2) is 47.7 Å². The van der Waals surface area contributed by atoms with E-state index < -0.39 is 0 Å². The molecule has 2 N–H and O–H groups in total. The number of nitrogens with two attached hydrogens (primary N) is 1. The lowest BCUT2D eigenvalue weighted by Crippen LogP contribution is -2.48. The molecule has 7 heteroatoms. The molecule has 1 aliphatic rings. The van der Waals surface area contributed by atoms with Crippen LogP contribution in [-0.2, 0) is 6.42 Å². The van der Waals surface area contributed by atoms with Crippen molar-refractivity contribution in [1.29, 1.82) is 0 Å². The van der Waals surface area contributed by atoms with Crippen LogP contribution in [0.15, 0.2) is 60.1 Å². The van der Waals surface area contributed by atoms with E-state index in [9.17, 15) is 4.39 Å². The number of piperazine rings is 1. The molecule has 1 fully saturated rings. The zero-order chi connectivity index (χ0) is 19.9. The third-order valence-electron chi connectivity index (χ3n) is 4.79. The summed E-state index contributed by atoms with van der Waals surface area (Å²) >= 11 is 7.09. The lowest BCUT2D eigenvalue weighted by molar-refractivity contribution is 0.186. The summed E-state index contributed by atoms with van der Waals surface area (Å²) in [6, 6.07) is 14.2. The van der Waals surface area contributed by atoms with Gasteiger partial charge in [0.05, 0.1) is 5.70 Å². The van der Waals surface area contributed by atoms with E-state index in [0.29, 0.717) is 10.7 Å². The van der Waals surface area contributed by atoms with Gasteiger partial charge < -0.3 is 4.90 Å². The van der Waals surface area contributed by atoms with Crippen LogP contribution in [0.25, 0.3) is 5.70 Å². The van der Waals surface area contributed by atoms with Crippen LogP contribution in [0.1, 0.15) is 11.1 Å². The largest absolute Gasteiger partial charge is 0.348 e. The third-order valence-corrected chi connectivity index (χ3v) is 5.60. The fraction of sp³-hybridized carbons (Fsp3) is 0.286. The molecule has 0 aliphatic carbocycles. The van der Waals surface area contributed by atoms with E-state index in [-0.39, 0.29) is 5.82 Å². The van der Waals surface area contributed by atoms with Crippen molar-refractivity contribution in [2.24, 2.45) is 10.1 Å². The van der Waals surface area contributed by atoms with Crippen LogP contribution in [0, 0.1) is 5.82 Å². The van der Waals surface area contributed by atoms with E-state index in [1.807, 2.05) is 36.4 Å². The van der Waals surface area contributed by atoms with Crippen molar-refractivity contribution in [2.75, 3.05) is 32.7 Å². The van der Waals surface area contributed by atoms with Crippen LogP contribution in [0.2, 0.25) is 5.02 Å². The van der Waals surface area contributed by atoms with E-state index in [1.165, 1.54) is 12.1 Å². The zero-order valence-corrected chi connectivity index (χ0v) is 17.2. The first-order valence-corrected chi connectivity index (χ1v) is 10.4. The molecule has 2 aromatic rings. The van der Waals surface area contributed by atoms with Gasteiger partial charge in [0.15, 0.2) is 5.17 Å². The highest BCUT2D eigenvalue weighted by Gasteiger charge is 2.20. The van der Waals surface area contributed by atoms with Crippen LogP contribution in [0.4, 0.5) is 4.39 Å². The Balaban J connectivity index is 1.52. The summed E-state index contributed by atoms with van der Waals surface area (Å²) in [6.07, 6.45) is 0.917. The molecule has 148 valence electrons. The highest BCUT2D eigenvalue weighted by molar-refractivity contribution is 8.11. The van der Waals surface area contributed by atoms with Gasteiger partial charge in [0.2, 0.25) is 0 Å². The van der Waals surface area contributed by atoms with Crippen LogP contribution in [0.5, 0.6) is 0 Å². The molecule has 1 saturated heterocycles. The van der Waals surface area contributed by atoms with E-state index in [1.54, 1.807) is 0 Å². The number of hydrogen-bond donors (Lipinski definition) is 1. The minimum atomic E-state index is -0.191. The van der Waals surface area contributed by atoms with Gasteiger partial charge in [0.1, 0.15) is 5.82 Å². The van der Waals surface area contributed by atoms with Crippen molar-refractivity contribution >= 4 is 34.4 Å². The van der Waals surface area contributed by atoms with E-state index in [4.69, 9.17) is 16.7 Å². The third kappa shape index (κ3) is 5.82. The van der Waals surface area contributed by atoms with Crippen LogP contribution >= 0.6 is 23.5 Å². The molecule has 0 aromatic heterocycles. The van der Waals surface area contributed by atoms with Crippen LogP contribution in [0.3, 0.4) is 0 Å². The monoisotopic (exact) mass is 418 g/mol. The van der Waals surface area contributed by atoms with Gasteiger partial charge in [-0.1, -0.05) is 42.4 Å². The van der Waals surface area contributed by atoms with Gasteiger partial charge in [-0.05, 0) is 53.8 Å². The summed E-state index contributed by atoms with van der Waals surface area (Å²) in [6.45, 7) is 8.62. The molecular weight excluding hydrogens is 395 g/mol. The number of amidine groups is 1. The number of nitrogens with zero attached hydrogens (tertiary/aromatic N) is 3. The van der Waals surface area contributed by atoms with Crippen molar-refractivity contribution in [3.63, 3.8) is 0 Å². The van der Waals surface area contributed by atoms with Crippen molar-refractivity contribution in [3.8, 4) is 0 Å². The molecule has 1 aliphatic heterocycles. The van der Waals surface area contributed by atoms with Crippen molar-refractivity contribution < 1.29 is 4.39 Å². The Kier molecular flexibility index (Phi) is 7.50. The zero-order valence-electron chi connectivity index (χ0n) is 15.7. The number of rotatable bonds is 5. The second kappa shape index (κ2) is 10.1. The van der Waals surface area contributed by atoms with Gasteiger partial charge in [-0.25, -0.2) is 9.38 Å². The minimum Gasteiger partial charge on any atom is -0.348 e. The van der Waals surface area contributed by atoms with Crippen molar-refractivity contribution in [2.45, 2.75) is 6.42 Å². The van der Waals surface area contributed by atoms with Gasteiger partial charge in [-0.2, -0.15) is 0 Å². The first-order chi connectivity index (χ1) is 13.5. The molecule has 0 atom stereocenters. The Hall–Kier alpha value is -1.86. The lowest BCUT2D eigenvalue weighted by atomic mass is 10.1. The molecule has 0 amide bonds. The Morgan fingerprint density at radius 1 is 1.07 bits per heavy atom. The highest BCUT2D eigenvalue weighted by atomic mass is 35.5. The average molecular weight is 419 g/mol. The first kappa shape index (κ1) is 20.9. The number of halogens is 2. The maximum Gasteiger partial charge on any atom is 0.179 e. The molecule has 0 radical (unpaired) electrons. The highest BCUT2D eigenvalue weighted by Crippen LogP contribution is 2.19. The van der Waals surface area contributed by atoms with Gasteiger partial charge in [-0.3, -0.25) is 10.0 Å². The lowest BCUT2D eigenvalue weighted by Gasteiger charge is -2.35. The molecule has 0 saturated carbocycles. The Morgan fingerprint density at radius 2 is 1.71 bits per heavy atom. The minimum absolute atomic E-state index is 0.191. The molecule has 1 heterocycles. The standard InChI is InChI=1S/C21H24ClFN4S/c1-16(18-4-6-19(22)7-5-18)25-21(28-24)27-14-12-26(13-15-27)11-10-17-2-8-20(23)9-3-17/h2-9H,1,10-15,24H2. The molecule has 0 unspecified atom stereocenters. The summed E-state index contributed by atoms with van der Waals surface area (Å²) in [7, 11) is 0. The molecule has 4 nitrogen and oxygen atoms in total. The Morgan fingerprint density at radius 3 is 2.32 bits per heavy atom. The molecule has 2 aromatic carbocycles. The normalized spacial score (nSPS) is 15.7. The van der Waals surface area contributed by atoms with E-state index in [0.717, 1.165) is 67.4 Å². The Bertz CT molecular complexity index is 815. The SMILES string of the molecule is C=C(N=C(SN)N1CCN(CCc2ccc(F)cc2)CC1)c1ccc(Cl)cc1. The number of benzene rings is 2. The molecule has 28 heavy (non-hydrogen) atoms. The summed E-state index contributed by atoms with van der Waals surface area (Å²) < 4.78 is 13.0. The number of hydrogen-bond acceptors (Lipinski definition) is 4. The summed E-state index contributed by atoms with van der Waals surface area (Å²) in [5.41, 5.74) is 2.75. The quantitative estimate of drug-likeness (QED) is 0.447. The fourth-order valence-electron chi connectivity index (χ4n) is 3.09. The van der Waals surface area contributed by atoms with Gasteiger partial charge in [-0.15, -0.1) is 0 Å². The molecule has 3 rings (SSSR count). The molecule has 0 bridgehead atoms. The van der Waals surface area contributed by atoms with E-state index >= 15 is 0 Å². The van der Waals surface area contributed by atoms with Crippen molar-refractivity contribution in [1.82, 2.24) is 9.80 Å². The summed E-state index contributed by atoms with van der Waals surface area (Å²) in [5, 5.41) is 7.34. The Labute approximate surface area is 175 Å². The predicted molar refractivity (Wildman–Crippen MR) is 118 cm³/mol. The maximum atomic E-state index is 13.0. The molecule has 0 spiro atoms. The van der Waals surface area contributed by atoms with Gasteiger partial charge in [0, 0.05) is 37.7 Å². The van der Waals surface area contributed by atoms with E-state index in [2.05, 4.69) is 21.4 Å². The van der Waals surface area contributed by atoms with Crippen LogP contribution < -0.4 is 5.14 Å². The fourth-order valence-corrected chi connectivity index (χ4v) is 3.72. The van der Waals surface area contributed by atoms with Gasteiger partial charge >= 0.3 is 0 Å². The topological polar surface area (TPSA) is 44.9 Å². The first-order valence-electron chi connectivity index (χ1n) is 9.17. The van der Waals surface area contributed by atoms with Gasteiger partial charge in [0.25, 0.3) is 0 Å². The average Bonchev–Trinajstić information content (AvgIpc) is 2.72. The molecular formula is C21H24ClFN4S. The maximum absolute atomic E-state index is 13.0. The summed E-state index contributed by atoms with van der Waals surface area (Å²) in [5.74, 6) is -0.191. The predicted octanol–water partition coefficient (Wildman–Crippen LogP) is 4.27. The summed E-state index contributed by atoms with van der Waals surface area (Å²) in [4.78, 5) is 9.24. The smallest absolute Gasteiger partial charge is 0.179 e.